The SMILES string of the molecule is CCCCOc1cc2c(nc1CCC)-c1[nH]c(=O)c(C(=O)O)c(O)c1C(C(C)C)CO2. The molecule has 0 saturated carbocycles. The van der Waals surface area contributed by atoms with Crippen LogP contribution in [0.4, 0.5) is 0 Å². The smallest absolute Gasteiger partial charge is 0.345 e. The number of ether oxygens (including phenoxy) is 2. The van der Waals surface area contributed by atoms with Crippen LogP contribution in [0.2, 0.25) is 0 Å². The van der Waals surface area contributed by atoms with Gasteiger partial charge in [-0.15, -0.1) is 0 Å². The number of nitrogens with zero attached hydrogens (tertiary/aromatic N) is 1. The zero-order valence-corrected chi connectivity index (χ0v) is 18.4. The van der Waals surface area contributed by atoms with Crippen LogP contribution in [-0.4, -0.2) is 39.4 Å². The van der Waals surface area contributed by atoms with Crippen molar-refractivity contribution in [2.75, 3.05) is 13.2 Å². The highest BCUT2D eigenvalue weighted by molar-refractivity contribution is 5.92. The van der Waals surface area contributed by atoms with Crippen LogP contribution < -0.4 is 15.0 Å². The molecule has 0 spiro atoms. The Morgan fingerprint density at radius 2 is 2.10 bits per heavy atom. The summed E-state index contributed by atoms with van der Waals surface area (Å²) in [6.07, 6.45) is 3.44. The van der Waals surface area contributed by atoms with E-state index in [-0.39, 0.29) is 18.4 Å². The number of hydrogen-bond acceptors (Lipinski definition) is 6. The van der Waals surface area contributed by atoms with Crippen molar-refractivity contribution < 1.29 is 24.5 Å². The highest BCUT2D eigenvalue weighted by Gasteiger charge is 2.34. The van der Waals surface area contributed by atoms with Gasteiger partial charge in [0.05, 0.1) is 24.6 Å². The van der Waals surface area contributed by atoms with Gasteiger partial charge in [0, 0.05) is 17.5 Å². The number of nitrogens with one attached hydrogen (secondary N) is 1. The largest absolute Gasteiger partial charge is 0.506 e. The number of carbonyl (C=O) groups is 1. The highest BCUT2D eigenvalue weighted by Crippen LogP contribution is 2.45. The van der Waals surface area contributed by atoms with Gasteiger partial charge in [0.1, 0.15) is 17.2 Å². The van der Waals surface area contributed by atoms with Crippen molar-refractivity contribution in [3.8, 4) is 28.6 Å². The van der Waals surface area contributed by atoms with Crippen molar-refractivity contribution in [3.63, 3.8) is 0 Å². The number of rotatable bonds is 8. The summed E-state index contributed by atoms with van der Waals surface area (Å²) < 4.78 is 12.0. The van der Waals surface area contributed by atoms with Crippen molar-refractivity contribution in [1.29, 1.82) is 0 Å². The summed E-state index contributed by atoms with van der Waals surface area (Å²) in [4.78, 5) is 31.5. The molecule has 1 aliphatic rings. The average molecular weight is 431 g/mol. The molecule has 2 aromatic heterocycles. The first-order chi connectivity index (χ1) is 14.8. The number of unbranched alkanes of at least 4 members (excludes halogenated alkanes) is 1. The first-order valence-corrected chi connectivity index (χ1v) is 10.8. The molecule has 3 N–H and O–H groups in total. The monoisotopic (exact) mass is 430 g/mol. The maximum atomic E-state index is 12.5. The lowest BCUT2D eigenvalue weighted by Crippen LogP contribution is -2.23. The van der Waals surface area contributed by atoms with Crippen LogP contribution in [-0.2, 0) is 6.42 Å². The first kappa shape index (κ1) is 22.7. The lowest BCUT2D eigenvalue weighted by Gasteiger charge is -2.22. The fourth-order valence-electron chi connectivity index (χ4n) is 3.81. The molecular weight excluding hydrogens is 400 g/mol. The molecule has 2 aromatic rings. The minimum absolute atomic E-state index is 0.0156. The zero-order chi connectivity index (χ0) is 22.7. The summed E-state index contributed by atoms with van der Waals surface area (Å²) in [6, 6.07) is 1.79. The van der Waals surface area contributed by atoms with E-state index in [2.05, 4.69) is 11.9 Å². The topological polar surface area (TPSA) is 122 Å². The lowest BCUT2D eigenvalue weighted by molar-refractivity contribution is 0.0691. The van der Waals surface area contributed by atoms with Gasteiger partial charge in [-0.05, 0) is 18.8 Å². The summed E-state index contributed by atoms with van der Waals surface area (Å²) in [6.45, 7) is 8.81. The molecule has 168 valence electrons. The molecule has 8 nitrogen and oxygen atoms in total. The molecule has 3 rings (SSSR count). The number of aromatic nitrogens is 2. The minimum Gasteiger partial charge on any atom is -0.506 e. The zero-order valence-electron chi connectivity index (χ0n) is 18.4. The van der Waals surface area contributed by atoms with Gasteiger partial charge < -0.3 is 24.7 Å². The molecule has 8 heteroatoms. The average Bonchev–Trinajstić information content (AvgIpc) is 2.85. The van der Waals surface area contributed by atoms with Crippen LogP contribution in [0.15, 0.2) is 10.9 Å². The fourth-order valence-corrected chi connectivity index (χ4v) is 3.81. The van der Waals surface area contributed by atoms with Gasteiger partial charge in [-0.3, -0.25) is 4.79 Å². The molecule has 3 heterocycles. The number of pyridine rings is 2. The quantitative estimate of drug-likeness (QED) is 0.539. The third kappa shape index (κ3) is 4.38. The minimum atomic E-state index is -1.48. The Kier molecular flexibility index (Phi) is 6.87. The number of aryl methyl sites for hydroxylation is 1. The molecule has 31 heavy (non-hydrogen) atoms. The van der Waals surface area contributed by atoms with E-state index < -0.39 is 22.8 Å². The van der Waals surface area contributed by atoms with Crippen molar-refractivity contribution in [2.24, 2.45) is 5.92 Å². The molecule has 0 amide bonds. The van der Waals surface area contributed by atoms with E-state index in [1.165, 1.54) is 0 Å². The second-order valence-corrected chi connectivity index (χ2v) is 8.17. The molecule has 1 atom stereocenters. The Morgan fingerprint density at radius 1 is 1.35 bits per heavy atom. The van der Waals surface area contributed by atoms with Crippen molar-refractivity contribution in [2.45, 2.75) is 59.3 Å². The summed E-state index contributed by atoms with van der Waals surface area (Å²) in [7, 11) is 0. The van der Waals surface area contributed by atoms with E-state index in [1.54, 1.807) is 6.07 Å². The summed E-state index contributed by atoms with van der Waals surface area (Å²) in [5, 5.41) is 20.3. The van der Waals surface area contributed by atoms with E-state index in [1.807, 2.05) is 20.8 Å². The van der Waals surface area contributed by atoms with E-state index >= 15 is 0 Å². The second kappa shape index (κ2) is 9.41. The van der Waals surface area contributed by atoms with Crippen molar-refractivity contribution in [3.05, 3.63) is 33.2 Å². The first-order valence-electron chi connectivity index (χ1n) is 10.8. The van der Waals surface area contributed by atoms with Gasteiger partial charge in [0.25, 0.3) is 5.56 Å². The molecule has 0 aromatic carbocycles. The standard InChI is InChI=1S/C23H30N2O6/c1-5-7-9-30-15-10-16-19(24-14(15)8-6-2)20-17(13(11-31-16)12(3)4)21(26)18(23(28)29)22(27)25-20/h10,12-13H,5-9,11H2,1-4H3,(H,28,29)(H2,25,26,27). The Hall–Kier alpha value is -3.03. The predicted octanol–water partition coefficient (Wildman–Crippen LogP) is 4.10. The van der Waals surface area contributed by atoms with Crippen molar-refractivity contribution >= 4 is 5.97 Å². The van der Waals surface area contributed by atoms with Gasteiger partial charge in [-0.2, -0.15) is 0 Å². The highest BCUT2D eigenvalue weighted by atomic mass is 16.5. The van der Waals surface area contributed by atoms with Gasteiger partial charge in [-0.1, -0.05) is 40.5 Å². The van der Waals surface area contributed by atoms with E-state index in [0.717, 1.165) is 25.0 Å². The normalized spacial score (nSPS) is 15.1. The second-order valence-electron chi connectivity index (χ2n) is 8.17. The van der Waals surface area contributed by atoms with Crippen LogP contribution in [0.1, 0.15) is 74.5 Å². The molecule has 0 radical (unpaired) electrons. The van der Waals surface area contributed by atoms with Gasteiger partial charge in [0.15, 0.2) is 11.3 Å². The van der Waals surface area contributed by atoms with E-state index in [4.69, 9.17) is 14.5 Å². The Balaban J connectivity index is 2.26. The van der Waals surface area contributed by atoms with Crippen molar-refractivity contribution in [1.82, 2.24) is 9.97 Å². The van der Waals surface area contributed by atoms with Crippen LogP contribution in [0, 0.1) is 5.92 Å². The van der Waals surface area contributed by atoms with Gasteiger partial charge >= 0.3 is 5.97 Å². The van der Waals surface area contributed by atoms with E-state index in [9.17, 15) is 19.8 Å². The van der Waals surface area contributed by atoms with Crippen LogP contribution in [0.5, 0.6) is 17.2 Å². The summed E-state index contributed by atoms with van der Waals surface area (Å²) >= 11 is 0. The maximum Gasteiger partial charge on any atom is 0.345 e. The van der Waals surface area contributed by atoms with Crippen LogP contribution in [0.3, 0.4) is 0 Å². The number of hydrogen-bond donors (Lipinski definition) is 3. The Morgan fingerprint density at radius 3 is 2.71 bits per heavy atom. The number of H-pyrrole nitrogens is 1. The van der Waals surface area contributed by atoms with Crippen LogP contribution >= 0.6 is 0 Å². The van der Waals surface area contributed by atoms with Gasteiger partial charge in [-0.25, -0.2) is 9.78 Å². The molecule has 1 aliphatic heterocycles. The van der Waals surface area contributed by atoms with Crippen LogP contribution in [0.25, 0.3) is 11.4 Å². The molecule has 0 bridgehead atoms. The fraction of sp³-hybridized carbons (Fsp3) is 0.522. The molecule has 1 unspecified atom stereocenters. The maximum absolute atomic E-state index is 12.5. The Bertz CT molecular complexity index is 1030. The predicted molar refractivity (Wildman–Crippen MR) is 116 cm³/mol. The molecule has 0 aliphatic carbocycles. The number of fused-ring (bicyclic) bond motifs is 3. The molecule has 0 saturated heterocycles. The molecular formula is C23H30N2O6. The number of carboxylic acids is 1. The third-order valence-electron chi connectivity index (χ3n) is 5.54. The summed E-state index contributed by atoms with van der Waals surface area (Å²) in [5.41, 5.74) is 0.227. The Labute approximate surface area is 181 Å². The third-order valence-corrected chi connectivity index (χ3v) is 5.54. The van der Waals surface area contributed by atoms with E-state index in [0.29, 0.717) is 41.5 Å². The summed E-state index contributed by atoms with van der Waals surface area (Å²) in [5.74, 6) is -1.24. The lowest BCUT2D eigenvalue weighted by atomic mass is 9.86. The number of carboxylic acid groups (broad SMARTS) is 1. The number of aromatic carboxylic acids is 1. The number of aromatic amines is 1. The molecule has 0 fully saturated rings. The number of aromatic hydroxyl groups is 1. The van der Waals surface area contributed by atoms with Gasteiger partial charge in [0.2, 0.25) is 0 Å².